The van der Waals surface area contributed by atoms with Crippen molar-refractivity contribution in [3.05, 3.63) is 58.9 Å². The molecule has 0 aliphatic carbocycles. The van der Waals surface area contributed by atoms with Gasteiger partial charge in [-0.05, 0) is 42.7 Å². The molecule has 1 aromatic heterocycles. The first-order chi connectivity index (χ1) is 14.9. The molecule has 1 aromatic carbocycles. The van der Waals surface area contributed by atoms with Crippen LogP contribution in [0.3, 0.4) is 0 Å². The molecule has 3 heterocycles. The van der Waals surface area contributed by atoms with Crippen molar-refractivity contribution in [1.29, 1.82) is 0 Å². The van der Waals surface area contributed by atoms with E-state index in [0.29, 0.717) is 31.7 Å². The maximum absolute atomic E-state index is 13.1. The summed E-state index contributed by atoms with van der Waals surface area (Å²) in [6, 6.07) is 8.54. The Kier molecular flexibility index (Phi) is 6.91. The monoisotopic (exact) mass is 462 g/mol. The Morgan fingerprint density at radius 3 is 2.42 bits per heavy atom. The molecule has 2 aromatic rings. The summed E-state index contributed by atoms with van der Waals surface area (Å²) >= 11 is 6.24. The second-order valence-electron chi connectivity index (χ2n) is 8.04. The molecule has 1 amide bonds. The average Bonchev–Trinajstić information content (AvgIpc) is 2.80. The number of hydrogen-bond acceptors (Lipinski definition) is 5. The van der Waals surface area contributed by atoms with Gasteiger partial charge in [0.15, 0.2) is 0 Å². The molecule has 4 rings (SSSR count). The van der Waals surface area contributed by atoms with Gasteiger partial charge in [0.05, 0.1) is 5.02 Å². The lowest BCUT2D eigenvalue weighted by atomic mass is 10.1. The summed E-state index contributed by atoms with van der Waals surface area (Å²) in [4.78, 5) is 21.3. The first-order valence-corrected chi connectivity index (χ1v) is 12.5. The van der Waals surface area contributed by atoms with Crippen LogP contribution in [0.5, 0.6) is 0 Å². The summed E-state index contributed by atoms with van der Waals surface area (Å²) in [5.41, 5.74) is 1.51. The number of piperidine rings is 1. The molecule has 0 N–H and O–H groups in total. The highest BCUT2D eigenvalue weighted by Gasteiger charge is 2.30. The number of hydrogen-bond donors (Lipinski definition) is 0. The van der Waals surface area contributed by atoms with Gasteiger partial charge in [-0.3, -0.25) is 14.7 Å². The van der Waals surface area contributed by atoms with Gasteiger partial charge in [-0.15, -0.1) is 0 Å². The van der Waals surface area contributed by atoms with Crippen molar-refractivity contribution in [1.82, 2.24) is 19.1 Å². The molecule has 2 saturated heterocycles. The van der Waals surface area contributed by atoms with E-state index in [2.05, 4.69) is 9.88 Å². The summed E-state index contributed by atoms with van der Waals surface area (Å²) in [7, 11) is -3.71. The molecule has 0 saturated carbocycles. The fraction of sp³-hybridized carbons (Fsp3) is 0.455. The lowest BCUT2D eigenvalue weighted by molar-refractivity contribution is 0.0628. The third-order valence-corrected chi connectivity index (χ3v) is 8.28. The normalized spacial score (nSPS) is 18.8. The third-order valence-electron chi connectivity index (χ3n) is 5.90. The predicted molar refractivity (Wildman–Crippen MR) is 119 cm³/mol. The lowest BCUT2D eigenvalue weighted by Gasteiger charge is -2.35. The van der Waals surface area contributed by atoms with Crippen LogP contribution in [0, 0.1) is 0 Å². The molecule has 0 bridgehead atoms. The SMILES string of the molecule is O=C(c1ccc(Cl)c(S(=O)(=O)N2CCCCC2)c1)N1CCN(Cc2cccnc2)CC1. The van der Waals surface area contributed by atoms with Gasteiger partial charge in [-0.25, -0.2) is 8.42 Å². The number of nitrogens with zero attached hydrogens (tertiary/aromatic N) is 4. The van der Waals surface area contributed by atoms with E-state index in [-0.39, 0.29) is 15.8 Å². The fourth-order valence-corrected chi connectivity index (χ4v) is 6.14. The number of benzene rings is 1. The smallest absolute Gasteiger partial charge is 0.253 e. The summed E-state index contributed by atoms with van der Waals surface area (Å²) in [6.07, 6.45) is 6.34. The Balaban J connectivity index is 1.44. The van der Waals surface area contributed by atoms with Gasteiger partial charge < -0.3 is 4.90 Å². The number of rotatable bonds is 5. The highest BCUT2D eigenvalue weighted by Crippen LogP contribution is 2.28. The maximum atomic E-state index is 13.1. The molecule has 0 atom stereocenters. The topological polar surface area (TPSA) is 73.8 Å². The van der Waals surface area contributed by atoms with Crippen molar-refractivity contribution in [3.63, 3.8) is 0 Å². The molecule has 0 radical (unpaired) electrons. The number of carbonyl (C=O) groups is 1. The predicted octanol–water partition coefficient (Wildman–Crippen LogP) is 2.87. The first kappa shape index (κ1) is 22.2. The van der Waals surface area contributed by atoms with Crippen molar-refractivity contribution in [2.24, 2.45) is 0 Å². The van der Waals surface area contributed by atoms with Gasteiger partial charge in [-0.2, -0.15) is 4.31 Å². The molecule has 31 heavy (non-hydrogen) atoms. The Morgan fingerprint density at radius 1 is 1.00 bits per heavy atom. The van der Waals surface area contributed by atoms with Gasteiger partial charge >= 0.3 is 0 Å². The van der Waals surface area contributed by atoms with E-state index < -0.39 is 10.0 Å². The highest BCUT2D eigenvalue weighted by molar-refractivity contribution is 7.89. The van der Waals surface area contributed by atoms with Crippen LogP contribution in [0.25, 0.3) is 0 Å². The maximum Gasteiger partial charge on any atom is 0.253 e. The molecule has 7 nitrogen and oxygen atoms in total. The van der Waals surface area contributed by atoms with Crippen LogP contribution in [-0.4, -0.2) is 72.7 Å². The minimum atomic E-state index is -3.71. The van der Waals surface area contributed by atoms with Crippen LogP contribution in [0.2, 0.25) is 5.02 Å². The van der Waals surface area contributed by atoms with E-state index >= 15 is 0 Å². The van der Waals surface area contributed by atoms with Crippen LogP contribution in [0.1, 0.15) is 35.2 Å². The number of halogens is 1. The Bertz CT molecular complexity index is 1020. The van der Waals surface area contributed by atoms with Gasteiger partial charge in [0.2, 0.25) is 10.0 Å². The summed E-state index contributed by atoms with van der Waals surface area (Å²) in [5.74, 6) is -0.159. The van der Waals surface area contributed by atoms with E-state index in [0.717, 1.165) is 44.5 Å². The van der Waals surface area contributed by atoms with Crippen molar-refractivity contribution in [2.75, 3.05) is 39.3 Å². The van der Waals surface area contributed by atoms with Crippen molar-refractivity contribution in [2.45, 2.75) is 30.7 Å². The van der Waals surface area contributed by atoms with Crippen molar-refractivity contribution >= 4 is 27.5 Å². The molecule has 2 aliphatic heterocycles. The van der Waals surface area contributed by atoms with E-state index in [1.54, 1.807) is 17.2 Å². The number of aromatic nitrogens is 1. The van der Waals surface area contributed by atoms with Gasteiger partial charge in [0, 0.05) is 63.8 Å². The Hall–Kier alpha value is -2.00. The average molecular weight is 463 g/mol. The van der Waals surface area contributed by atoms with Crippen LogP contribution in [0.15, 0.2) is 47.6 Å². The minimum Gasteiger partial charge on any atom is -0.336 e. The van der Waals surface area contributed by atoms with Crippen LogP contribution in [-0.2, 0) is 16.6 Å². The van der Waals surface area contributed by atoms with Crippen LogP contribution >= 0.6 is 11.6 Å². The number of piperazine rings is 1. The number of pyridine rings is 1. The number of amides is 1. The molecule has 2 fully saturated rings. The molecular weight excluding hydrogens is 436 g/mol. The standard InChI is InChI=1S/C22H27ClN4O3S/c23-20-7-6-19(15-21(20)31(29,30)27-9-2-1-3-10-27)22(28)26-13-11-25(12-14-26)17-18-5-4-8-24-16-18/h4-8,15-16H,1-3,9-14,17H2. The number of carbonyl (C=O) groups excluding carboxylic acids is 1. The van der Waals surface area contributed by atoms with E-state index in [4.69, 9.17) is 11.6 Å². The zero-order valence-electron chi connectivity index (χ0n) is 17.4. The van der Waals surface area contributed by atoms with E-state index in [1.807, 2.05) is 18.3 Å². The highest BCUT2D eigenvalue weighted by atomic mass is 35.5. The third kappa shape index (κ3) is 5.09. The molecule has 9 heteroatoms. The molecule has 0 unspecified atom stereocenters. The lowest BCUT2D eigenvalue weighted by Crippen LogP contribution is -2.48. The zero-order valence-corrected chi connectivity index (χ0v) is 19.0. The largest absolute Gasteiger partial charge is 0.336 e. The molecule has 0 spiro atoms. The second kappa shape index (κ2) is 9.65. The zero-order chi connectivity index (χ0) is 21.8. The van der Waals surface area contributed by atoms with Crippen molar-refractivity contribution < 1.29 is 13.2 Å². The Labute approximate surface area is 188 Å². The number of sulfonamides is 1. The van der Waals surface area contributed by atoms with Gasteiger partial charge in [-0.1, -0.05) is 24.1 Å². The fourth-order valence-electron chi connectivity index (χ4n) is 4.12. The van der Waals surface area contributed by atoms with Gasteiger partial charge in [0.25, 0.3) is 5.91 Å². The Morgan fingerprint density at radius 2 is 1.74 bits per heavy atom. The summed E-state index contributed by atoms with van der Waals surface area (Å²) in [5, 5.41) is 0.156. The van der Waals surface area contributed by atoms with E-state index in [1.165, 1.54) is 16.4 Å². The summed E-state index contributed by atoms with van der Waals surface area (Å²) in [6.45, 7) is 4.49. The first-order valence-electron chi connectivity index (χ1n) is 10.7. The minimum absolute atomic E-state index is 0.0251. The van der Waals surface area contributed by atoms with Gasteiger partial charge in [0.1, 0.15) is 4.90 Å². The van der Waals surface area contributed by atoms with Crippen molar-refractivity contribution in [3.8, 4) is 0 Å². The van der Waals surface area contributed by atoms with Crippen LogP contribution in [0.4, 0.5) is 0 Å². The molecular formula is C22H27ClN4O3S. The van der Waals surface area contributed by atoms with E-state index in [9.17, 15) is 13.2 Å². The van der Waals surface area contributed by atoms with Crippen LogP contribution < -0.4 is 0 Å². The summed E-state index contributed by atoms with van der Waals surface area (Å²) < 4.78 is 27.6. The molecule has 2 aliphatic rings. The second-order valence-corrected chi connectivity index (χ2v) is 10.4. The quantitative estimate of drug-likeness (QED) is 0.683. The molecule has 166 valence electrons.